The summed E-state index contributed by atoms with van der Waals surface area (Å²) in [6.07, 6.45) is -0.320. The molecule has 6 aromatic carbocycles. The summed E-state index contributed by atoms with van der Waals surface area (Å²) in [5, 5.41) is 3.82. The van der Waals surface area contributed by atoms with Crippen LogP contribution < -0.4 is 15.9 Å². The lowest BCUT2D eigenvalue weighted by Gasteiger charge is -2.45. The van der Waals surface area contributed by atoms with Crippen LogP contribution in [0.2, 0.25) is 0 Å². The number of benzene rings is 6. The third-order valence-corrected chi connectivity index (χ3v) is 13.9. The van der Waals surface area contributed by atoms with Crippen molar-refractivity contribution in [2.24, 2.45) is 0 Å². The summed E-state index contributed by atoms with van der Waals surface area (Å²) in [5.41, 5.74) is 3.36. The van der Waals surface area contributed by atoms with Crippen LogP contribution in [0.3, 0.4) is 0 Å². The number of hydrogen-bond acceptors (Lipinski definition) is 4. The van der Waals surface area contributed by atoms with Crippen LogP contribution in [0.4, 0.5) is 0 Å². The molecule has 5 heteroatoms. The first kappa shape index (κ1) is 34.1. The van der Waals surface area contributed by atoms with Crippen molar-refractivity contribution < 1.29 is 18.9 Å². The van der Waals surface area contributed by atoms with E-state index in [0.717, 1.165) is 16.7 Å². The average molecular weight is 680 g/mol. The molecular formula is C45H44O4P+. The van der Waals surface area contributed by atoms with Crippen molar-refractivity contribution in [3.05, 3.63) is 199 Å². The maximum atomic E-state index is 7.46. The first-order valence-electron chi connectivity index (χ1n) is 17.4. The maximum absolute atomic E-state index is 7.46. The minimum atomic E-state index is -2.41. The predicted octanol–water partition coefficient (Wildman–Crippen LogP) is 8.48. The second-order valence-corrected chi connectivity index (χ2v) is 16.3. The van der Waals surface area contributed by atoms with Gasteiger partial charge in [-0.25, -0.2) is 0 Å². The quantitative estimate of drug-likeness (QED) is 0.108. The second-order valence-electron chi connectivity index (χ2n) is 12.7. The molecule has 0 aromatic heterocycles. The Kier molecular flexibility index (Phi) is 11.6. The molecule has 0 spiro atoms. The molecule has 0 amide bonds. The Labute approximate surface area is 297 Å². The molecule has 1 saturated heterocycles. The first-order chi connectivity index (χ1) is 24.8. The molecule has 4 atom stereocenters. The van der Waals surface area contributed by atoms with Crippen molar-refractivity contribution in [1.29, 1.82) is 0 Å². The summed E-state index contributed by atoms with van der Waals surface area (Å²) in [6.45, 7) is 1.79. The van der Waals surface area contributed by atoms with E-state index < -0.39 is 7.26 Å². The van der Waals surface area contributed by atoms with E-state index in [9.17, 15) is 0 Å². The fourth-order valence-corrected chi connectivity index (χ4v) is 11.7. The molecule has 0 radical (unpaired) electrons. The summed E-state index contributed by atoms with van der Waals surface area (Å²) in [6, 6.07) is 63.8. The minimum absolute atomic E-state index is 0.197. The van der Waals surface area contributed by atoms with Gasteiger partial charge in [-0.15, -0.1) is 0 Å². The SMILES string of the molecule is c1ccc(COC[C@H]2O[C@@H]([P+](c3ccccc3)(c3ccccc3)c3ccccc3)C[C@@H](OCc3ccccc3)[C@H]2OCc2ccccc2)cc1. The Morgan fingerprint density at radius 1 is 0.460 bits per heavy atom. The van der Waals surface area contributed by atoms with Crippen molar-refractivity contribution >= 4 is 23.2 Å². The first-order valence-corrected chi connectivity index (χ1v) is 19.3. The molecule has 0 aliphatic carbocycles. The molecular weight excluding hydrogens is 635 g/mol. The van der Waals surface area contributed by atoms with Crippen molar-refractivity contribution in [2.45, 2.75) is 50.4 Å². The van der Waals surface area contributed by atoms with E-state index in [-0.39, 0.29) is 24.2 Å². The molecule has 0 saturated carbocycles. The molecule has 4 nitrogen and oxygen atoms in total. The highest BCUT2D eigenvalue weighted by atomic mass is 31.2. The zero-order valence-electron chi connectivity index (χ0n) is 28.2. The Morgan fingerprint density at radius 2 is 0.840 bits per heavy atom. The molecule has 6 aromatic rings. The monoisotopic (exact) mass is 679 g/mol. The average Bonchev–Trinajstić information content (AvgIpc) is 3.19. The fraction of sp³-hybridized carbons (Fsp3) is 0.200. The Hall–Kier alpha value is -4.41. The molecule has 1 aliphatic heterocycles. The van der Waals surface area contributed by atoms with E-state index in [1.165, 1.54) is 15.9 Å². The van der Waals surface area contributed by atoms with Crippen LogP contribution in [0.15, 0.2) is 182 Å². The highest BCUT2D eigenvalue weighted by Gasteiger charge is 2.58. The van der Waals surface area contributed by atoms with Gasteiger partial charge in [0.05, 0.1) is 32.5 Å². The fourth-order valence-electron chi connectivity index (χ4n) is 7.01. The predicted molar refractivity (Wildman–Crippen MR) is 205 cm³/mol. The van der Waals surface area contributed by atoms with Gasteiger partial charge in [0.2, 0.25) is 0 Å². The van der Waals surface area contributed by atoms with E-state index in [4.69, 9.17) is 18.9 Å². The Bertz CT molecular complexity index is 1740. The van der Waals surface area contributed by atoms with Gasteiger partial charge in [0.15, 0.2) is 5.85 Å². The van der Waals surface area contributed by atoms with Gasteiger partial charge < -0.3 is 18.9 Å². The third-order valence-electron chi connectivity index (χ3n) is 9.41. The molecule has 7 rings (SSSR count). The van der Waals surface area contributed by atoms with E-state index in [2.05, 4.69) is 140 Å². The van der Waals surface area contributed by atoms with Gasteiger partial charge in [0.1, 0.15) is 35.4 Å². The molecule has 0 bridgehead atoms. The van der Waals surface area contributed by atoms with Crippen LogP contribution in [-0.2, 0) is 38.8 Å². The van der Waals surface area contributed by atoms with Crippen LogP contribution in [0, 0.1) is 0 Å². The molecule has 1 fully saturated rings. The van der Waals surface area contributed by atoms with Crippen LogP contribution in [0.5, 0.6) is 0 Å². The van der Waals surface area contributed by atoms with Crippen molar-refractivity contribution in [2.75, 3.05) is 6.61 Å². The molecule has 0 unspecified atom stereocenters. The highest BCUT2D eigenvalue weighted by Crippen LogP contribution is 2.63. The number of rotatable bonds is 14. The van der Waals surface area contributed by atoms with Crippen LogP contribution in [0.1, 0.15) is 23.1 Å². The van der Waals surface area contributed by atoms with Gasteiger partial charge in [0, 0.05) is 6.42 Å². The van der Waals surface area contributed by atoms with Crippen molar-refractivity contribution in [1.82, 2.24) is 0 Å². The summed E-state index contributed by atoms with van der Waals surface area (Å²) < 4.78 is 27.7. The van der Waals surface area contributed by atoms with Crippen molar-refractivity contribution in [3.8, 4) is 0 Å². The lowest BCUT2D eigenvalue weighted by Crippen LogP contribution is -2.55. The standard InChI is InChI=1S/C45H44O4P/c1-7-19-36(20-8-1)32-46-35-43-45(48-34-38-23-11-3-12-24-38)42(47-33-37-21-9-2-10-22-37)31-44(49-43)50(39-25-13-4-14-26-39,40-27-15-5-16-28-40)41-29-17-6-18-30-41/h1-30,42-45H,31-35H2/q+1/t42-,43-,44+,45-/m1/s1. The molecule has 1 aliphatic rings. The highest BCUT2D eigenvalue weighted by molar-refractivity contribution is 7.96. The van der Waals surface area contributed by atoms with E-state index in [0.29, 0.717) is 32.8 Å². The normalized spacial score (nSPS) is 19.2. The maximum Gasteiger partial charge on any atom is 0.184 e. The largest absolute Gasteiger partial charge is 0.374 e. The zero-order valence-corrected chi connectivity index (χ0v) is 29.1. The van der Waals surface area contributed by atoms with Crippen LogP contribution in [-0.4, -0.2) is 30.8 Å². The summed E-state index contributed by atoms with van der Waals surface area (Å²) in [5.74, 6) is -0.197. The third kappa shape index (κ3) is 7.97. The lowest BCUT2D eigenvalue weighted by molar-refractivity contribution is -0.205. The Balaban J connectivity index is 1.31. The molecule has 0 N–H and O–H groups in total. The molecule has 252 valence electrons. The number of hydrogen-bond donors (Lipinski definition) is 0. The summed E-state index contributed by atoms with van der Waals surface area (Å²) >= 11 is 0. The van der Waals surface area contributed by atoms with Gasteiger partial charge in [-0.05, 0) is 53.1 Å². The van der Waals surface area contributed by atoms with E-state index >= 15 is 0 Å². The van der Waals surface area contributed by atoms with Gasteiger partial charge in [-0.1, -0.05) is 146 Å². The van der Waals surface area contributed by atoms with Gasteiger partial charge in [0.25, 0.3) is 0 Å². The summed E-state index contributed by atoms with van der Waals surface area (Å²) in [4.78, 5) is 0. The lowest BCUT2D eigenvalue weighted by atomic mass is 10.0. The smallest absolute Gasteiger partial charge is 0.184 e. The van der Waals surface area contributed by atoms with E-state index in [1.54, 1.807) is 0 Å². The number of ether oxygens (including phenoxy) is 4. The molecule has 1 heterocycles. The minimum Gasteiger partial charge on any atom is -0.374 e. The van der Waals surface area contributed by atoms with E-state index in [1.807, 2.05) is 42.5 Å². The van der Waals surface area contributed by atoms with Crippen molar-refractivity contribution in [3.63, 3.8) is 0 Å². The molecule has 50 heavy (non-hydrogen) atoms. The zero-order chi connectivity index (χ0) is 33.9. The topological polar surface area (TPSA) is 36.9 Å². The van der Waals surface area contributed by atoms with Gasteiger partial charge in [-0.2, -0.15) is 0 Å². The van der Waals surface area contributed by atoms with Crippen LogP contribution in [0.25, 0.3) is 0 Å². The van der Waals surface area contributed by atoms with Crippen LogP contribution >= 0.6 is 7.26 Å². The van der Waals surface area contributed by atoms with Gasteiger partial charge >= 0.3 is 0 Å². The Morgan fingerprint density at radius 3 is 1.28 bits per heavy atom. The second kappa shape index (κ2) is 17.0. The summed E-state index contributed by atoms with van der Waals surface area (Å²) in [7, 11) is -2.41. The van der Waals surface area contributed by atoms with Gasteiger partial charge in [-0.3, -0.25) is 0 Å².